The van der Waals surface area contributed by atoms with Crippen LogP contribution in [0.1, 0.15) is 5.56 Å². The Hall–Kier alpha value is -1.99. The molecule has 0 atom stereocenters. The number of hydrogen-bond donors (Lipinski definition) is 2. The van der Waals surface area contributed by atoms with Gasteiger partial charge in [-0.05, 0) is 42.8 Å². The van der Waals surface area contributed by atoms with Crippen molar-refractivity contribution >= 4 is 15.7 Å². The third-order valence-electron chi connectivity index (χ3n) is 2.84. The second-order valence-electron chi connectivity index (χ2n) is 4.42. The minimum absolute atomic E-state index is 0.0352. The van der Waals surface area contributed by atoms with E-state index in [1.807, 2.05) is 0 Å². The van der Waals surface area contributed by atoms with Crippen molar-refractivity contribution in [1.82, 2.24) is 0 Å². The summed E-state index contributed by atoms with van der Waals surface area (Å²) in [6, 6.07) is 8.99. The lowest BCUT2D eigenvalue weighted by atomic mass is 10.2. The highest BCUT2D eigenvalue weighted by atomic mass is 32.2. The average molecular weight is 312 g/mol. The molecule has 0 saturated carbocycles. The topological polar surface area (TPSA) is 72.2 Å². The molecule has 4 nitrogen and oxygen atoms in total. The van der Waals surface area contributed by atoms with Gasteiger partial charge in [0.2, 0.25) is 0 Å². The summed E-state index contributed by atoms with van der Waals surface area (Å²) in [5.41, 5.74) is 6.30. The number of benzene rings is 2. The van der Waals surface area contributed by atoms with Crippen LogP contribution in [0.2, 0.25) is 0 Å². The second-order valence-corrected chi connectivity index (χ2v) is 6.10. The third kappa shape index (κ3) is 3.77. The van der Waals surface area contributed by atoms with Gasteiger partial charge in [-0.2, -0.15) is 0 Å². The summed E-state index contributed by atoms with van der Waals surface area (Å²) in [6.07, 6.45) is 0.650. The molecule has 2 aromatic carbocycles. The molecule has 0 spiro atoms. The molecule has 0 aliphatic rings. The van der Waals surface area contributed by atoms with Gasteiger partial charge in [-0.3, -0.25) is 4.72 Å². The van der Waals surface area contributed by atoms with Crippen LogP contribution in [-0.2, 0) is 16.4 Å². The highest BCUT2D eigenvalue weighted by Crippen LogP contribution is 2.18. The maximum Gasteiger partial charge on any atom is 0.261 e. The van der Waals surface area contributed by atoms with Crippen molar-refractivity contribution in [2.45, 2.75) is 11.3 Å². The van der Waals surface area contributed by atoms with Gasteiger partial charge in [0.05, 0.1) is 10.6 Å². The Labute approximate surface area is 121 Å². The van der Waals surface area contributed by atoms with Gasteiger partial charge >= 0.3 is 0 Å². The molecule has 112 valence electrons. The Morgan fingerprint density at radius 1 is 1.00 bits per heavy atom. The van der Waals surface area contributed by atoms with Gasteiger partial charge < -0.3 is 5.73 Å². The minimum atomic E-state index is -3.85. The zero-order valence-corrected chi connectivity index (χ0v) is 11.8. The number of hydrogen-bond acceptors (Lipinski definition) is 3. The highest BCUT2D eigenvalue weighted by molar-refractivity contribution is 7.92. The average Bonchev–Trinajstić information content (AvgIpc) is 2.44. The molecule has 0 aliphatic carbocycles. The molecule has 0 radical (unpaired) electrons. The Morgan fingerprint density at radius 3 is 2.24 bits per heavy atom. The number of nitrogens with one attached hydrogen (secondary N) is 1. The van der Waals surface area contributed by atoms with Crippen LogP contribution < -0.4 is 10.5 Å². The maximum absolute atomic E-state index is 13.1. The third-order valence-corrected chi connectivity index (χ3v) is 4.24. The second kappa shape index (κ2) is 6.19. The molecule has 0 aromatic heterocycles. The van der Waals surface area contributed by atoms with E-state index in [1.165, 1.54) is 12.1 Å². The minimum Gasteiger partial charge on any atom is -0.330 e. The first-order valence-electron chi connectivity index (χ1n) is 6.19. The fraction of sp³-hybridized carbons (Fsp3) is 0.143. The summed E-state index contributed by atoms with van der Waals surface area (Å²) in [7, 11) is -3.85. The van der Waals surface area contributed by atoms with Gasteiger partial charge in [-0.1, -0.05) is 12.1 Å². The summed E-state index contributed by atoms with van der Waals surface area (Å²) in [5, 5.41) is 0. The smallest absolute Gasteiger partial charge is 0.261 e. The van der Waals surface area contributed by atoms with E-state index < -0.39 is 21.7 Å². The van der Waals surface area contributed by atoms with E-state index >= 15 is 0 Å². The van der Waals surface area contributed by atoms with E-state index in [-0.39, 0.29) is 10.6 Å². The normalized spacial score (nSPS) is 11.4. The van der Waals surface area contributed by atoms with Crippen LogP contribution in [0.5, 0.6) is 0 Å². The monoisotopic (exact) mass is 312 g/mol. The van der Waals surface area contributed by atoms with E-state index in [1.54, 1.807) is 12.1 Å². The Morgan fingerprint density at radius 2 is 1.67 bits per heavy atom. The van der Waals surface area contributed by atoms with Crippen molar-refractivity contribution in [2.24, 2.45) is 5.73 Å². The number of nitrogens with two attached hydrogens (primary N) is 1. The van der Waals surface area contributed by atoms with Crippen molar-refractivity contribution in [3.8, 4) is 0 Å². The molecule has 0 saturated heterocycles. The highest BCUT2D eigenvalue weighted by Gasteiger charge is 2.15. The van der Waals surface area contributed by atoms with Crippen molar-refractivity contribution < 1.29 is 17.2 Å². The van der Waals surface area contributed by atoms with Crippen molar-refractivity contribution in [2.75, 3.05) is 11.3 Å². The molecule has 0 amide bonds. The molecule has 0 fully saturated rings. The molecule has 3 N–H and O–H groups in total. The van der Waals surface area contributed by atoms with Gasteiger partial charge in [0.25, 0.3) is 10.0 Å². The standard InChI is InChI=1S/C14H14F2N2O2S/c15-13-6-3-11(9-14(13)16)18-21(19,20)12-4-1-10(2-5-12)7-8-17/h1-6,9,18H,7-8,17H2. The predicted octanol–water partition coefficient (Wildman–Crippen LogP) is 2.27. The summed E-state index contributed by atoms with van der Waals surface area (Å²) >= 11 is 0. The van der Waals surface area contributed by atoms with Gasteiger partial charge in [-0.25, -0.2) is 17.2 Å². The first-order valence-corrected chi connectivity index (χ1v) is 7.67. The van der Waals surface area contributed by atoms with Gasteiger partial charge in [0, 0.05) is 6.07 Å². The van der Waals surface area contributed by atoms with Crippen molar-refractivity contribution in [3.63, 3.8) is 0 Å². The maximum atomic E-state index is 13.1. The number of sulfonamides is 1. The van der Waals surface area contributed by atoms with Crippen LogP contribution in [0, 0.1) is 11.6 Å². The molecule has 21 heavy (non-hydrogen) atoms. The van der Waals surface area contributed by atoms with E-state index in [4.69, 9.17) is 5.73 Å². The Kier molecular flexibility index (Phi) is 4.54. The Balaban J connectivity index is 2.23. The zero-order valence-electron chi connectivity index (χ0n) is 11.0. The summed E-state index contributed by atoms with van der Waals surface area (Å²) in [4.78, 5) is 0.0352. The molecule has 2 aromatic rings. The van der Waals surface area contributed by atoms with Crippen LogP contribution in [0.4, 0.5) is 14.5 Å². The molecular weight excluding hydrogens is 298 g/mol. The lowest BCUT2D eigenvalue weighted by Gasteiger charge is -2.09. The van der Waals surface area contributed by atoms with Crippen LogP contribution in [0.15, 0.2) is 47.4 Å². The molecule has 0 aliphatic heterocycles. The van der Waals surface area contributed by atoms with Crippen LogP contribution in [0.3, 0.4) is 0 Å². The van der Waals surface area contributed by atoms with Crippen molar-refractivity contribution in [3.05, 3.63) is 59.7 Å². The molecular formula is C14H14F2N2O2S. The molecule has 7 heteroatoms. The summed E-state index contributed by atoms with van der Waals surface area (Å²) in [6.45, 7) is 0.471. The Bertz CT molecular complexity index is 731. The number of halogens is 2. The predicted molar refractivity (Wildman–Crippen MR) is 76.4 cm³/mol. The van der Waals surface area contributed by atoms with E-state index in [0.717, 1.165) is 23.8 Å². The van der Waals surface area contributed by atoms with Gasteiger partial charge in [-0.15, -0.1) is 0 Å². The summed E-state index contributed by atoms with van der Waals surface area (Å²) in [5.74, 6) is -2.16. The van der Waals surface area contributed by atoms with Crippen molar-refractivity contribution in [1.29, 1.82) is 0 Å². The van der Waals surface area contributed by atoms with Gasteiger partial charge in [0.15, 0.2) is 11.6 Å². The fourth-order valence-electron chi connectivity index (χ4n) is 1.78. The molecule has 0 unspecified atom stereocenters. The van der Waals surface area contributed by atoms with E-state index in [0.29, 0.717) is 13.0 Å². The summed E-state index contributed by atoms with van der Waals surface area (Å²) < 4.78 is 52.3. The SMILES string of the molecule is NCCc1ccc(S(=O)(=O)Nc2ccc(F)c(F)c2)cc1. The van der Waals surface area contributed by atoms with Crippen LogP contribution >= 0.6 is 0 Å². The fourth-order valence-corrected chi connectivity index (χ4v) is 2.83. The molecule has 0 bridgehead atoms. The number of rotatable bonds is 5. The molecule has 2 rings (SSSR count). The first-order chi connectivity index (χ1) is 9.92. The van der Waals surface area contributed by atoms with E-state index in [2.05, 4.69) is 4.72 Å². The first kappa shape index (κ1) is 15.4. The largest absolute Gasteiger partial charge is 0.330 e. The lowest BCUT2D eigenvalue weighted by molar-refractivity contribution is 0.509. The number of anilines is 1. The van der Waals surface area contributed by atoms with Crippen LogP contribution in [-0.4, -0.2) is 15.0 Å². The lowest BCUT2D eigenvalue weighted by Crippen LogP contribution is -2.13. The van der Waals surface area contributed by atoms with Crippen LogP contribution in [0.25, 0.3) is 0 Å². The quantitative estimate of drug-likeness (QED) is 0.889. The zero-order chi connectivity index (χ0) is 15.5. The van der Waals surface area contributed by atoms with E-state index in [9.17, 15) is 17.2 Å². The van der Waals surface area contributed by atoms with Gasteiger partial charge in [0.1, 0.15) is 0 Å². The molecule has 0 heterocycles.